The molecule has 0 bridgehead atoms. The SMILES string of the molecule is CCOC(=O)C(=O)c1c(O)ccc2cc(Br)ccc12. The summed E-state index contributed by atoms with van der Waals surface area (Å²) >= 11 is 3.33. The molecule has 5 heteroatoms. The molecule has 0 atom stereocenters. The molecule has 19 heavy (non-hydrogen) atoms. The Labute approximate surface area is 118 Å². The first kappa shape index (κ1) is 13.5. The number of hydrogen-bond donors (Lipinski definition) is 1. The zero-order chi connectivity index (χ0) is 14.0. The third kappa shape index (κ3) is 2.61. The lowest BCUT2D eigenvalue weighted by Gasteiger charge is -2.08. The summed E-state index contributed by atoms with van der Waals surface area (Å²) in [5, 5.41) is 11.1. The molecule has 2 aromatic rings. The summed E-state index contributed by atoms with van der Waals surface area (Å²) in [5.41, 5.74) is -0.0246. The highest BCUT2D eigenvalue weighted by Crippen LogP contribution is 2.29. The van der Waals surface area contributed by atoms with Gasteiger partial charge in [-0.05, 0) is 35.9 Å². The van der Waals surface area contributed by atoms with E-state index >= 15 is 0 Å². The smallest absolute Gasteiger partial charge is 0.379 e. The molecule has 0 spiro atoms. The van der Waals surface area contributed by atoms with Gasteiger partial charge in [0.2, 0.25) is 0 Å². The first-order valence-electron chi connectivity index (χ1n) is 5.67. The van der Waals surface area contributed by atoms with Crippen LogP contribution in [-0.2, 0) is 9.53 Å². The Morgan fingerprint density at radius 2 is 2.00 bits per heavy atom. The maximum atomic E-state index is 12.0. The number of benzene rings is 2. The van der Waals surface area contributed by atoms with Gasteiger partial charge in [0.15, 0.2) is 0 Å². The van der Waals surface area contributed by atoms with E-state index in [1.165, 1.54) is 6.07 Å². The third-order valence-corrected chi connectivity index (χ3v) is 3.14. The molecule has 98 valence electrons. The van der Waals surface area contributed by atoms with Gasteiger partial charge in [0.25, 0.3) is 5.78 Å². The maximum Gasteiger partial charge on any atom is 0.379 e. The molecule has 0 unspecified atom stereocenters. The number of ketones is 1. The van der Waals surface area contributed by atoms with Crippen molar-refractivity contribution in [2.75, 3.05) is 6.61 Å². The minimum atomic E-state index is -0.965. The topological polar surface area (TPSA) is 63.6 Å². The Morgan fingerprint density at radius 1 is 1.26 bits per heavy atom. The van der Waals surface area contributed by atoms with E-state index in [9.17, 15) is 14.7 Å². The summed E-state index contributed by atoms with van der Waals surface area (Å²) in [5.74, 6) is -2.03. The molecule has 0 radical (unpaired) electrons. The number of Topliss-reactive ketones (excluding diaryl/α,β-unsaturated/α-hetero) is 1. The highest BCUT2D eigenvalue weighted by atomic mass is 79.9. The molecule has 0 heterocycles. The number of hydrogen-bond acceptors (Lipinski definition) is 4. The second kappa shape index (κ2) is 5.40. The van der Waals surface area contributed by atoms with Crippen LogP contribution in [0.3, 0.4) is 0 Å². The number of carbonyl (C=O) groups excluding carboxylic acids is 2. The fourth-order valence-corrected chi connectivity index (χ4v) is 2.21. The van der Waals surface area contributed by atoms with E-state index in [0.29, 0.717) is 5.39 Å². The molecule has 1 N–H and O–H groups in total. The minimum absolute atomic E-state index is 0.0246. The van der Waals surface area contributed by atoms with Crippen LogP contribution in [0.25, 0.3) is 10.8 Å². The Hall–Kier alpha value is -1.88. The van der Waals surface area contributed by atoms with Crippen molar-refractivity contribution in [1.29, 1.82) is 0 Å². The van der Waals surface area contributed by atoms with Gasteiger partial charge in [-0.2, -0.15) is 0 Å². The van der Waals surface area contributed by atoms with Gasteiger partial charge in [-0.25, -0.2) is 4.79 Å². The minimum Gasteiger partial charge on any atom is -0.507 e. The van der Waals surface area contributed by atoms with Gasteiger partial charge < -0.3 is 9.84 Å². The number of phenols is 1. The molecule has 0 aliphatic carbocycles. The Kier molecular flexibility index (Phi) is 3.85. The Morgan fingerprint density at radius 3 is 2.68 bits per heavy atom. The van der Waals surface area contributed by atoms with Crippen molar-refractivity contribution in [1.82, 2.24) is 0 Å². The van der Waals surface area contributed by atoms with Gasteiger partial charge in [0.1, 0.15) is 5.75 Å². The van der Waals surface area contributed by atoms with Gasteiger partial charge in [0.05, 0.1) is 12.2 Å². The molecular formula is C14H11BrO4. The van der Waals surface area contributed by atoms with Crippen molar-refractivity contribution < 1.29 is 19.4 Å². The van der Waals surface area contributed by atoms with Crippen LogP contribution in [-0.4, -0.2) is 23.5 Å². The third-order valence-electron chi connectivity index (χ3n) is 2.65. The predicted molar refractivity (Wildman–Crippen MR) is 74.3 cm³/mol. The number of phenolic OH excluding ortho intramolecular Hbond substituents is 1. The van der Waals surface area contributed by atoms with E-state index in [-0.39, 0.29) is 17.9 Å². The van der Waals surface area contributed by atoms with Crippen molar-refractivity contribution in [3.05, 3.63) is 40.4 Å². The van der Waals surface area contributed by atoms with Crippen LogP contribution in [0.5, 0.6) is 5.75 Å². The number of esters is 1. The second-order valence-electron chi connectivity index (χ2n) is 3.87. The molecule has 0 aromatic heterocycles. The van der Waals surface area contributed by atoms with Crippen LogP contribution in [0.15, 0.2) is 34.8 Å². The molecule has 0 aliphatic heterocycles. The second-order valence-corrected chi connectivity index (χ2v) is 4.79. The number of rotatable bonds is 3. The first-order chi connectivity index (χ1) is 9.04. The lowest BCUT2D eigenvalue weighted by Crippen LogP contribution is -2.18. The molecule has 2 rings (SSSR count). The summed E-state index contributed by atoms with van der Waals surface area (Å²) in [6.07, 6.45) is 0. The summed E-state index contributed by atoms with van der Waals surface area (Å²) in [6.45, 7) is 1.73. The van der Waals surface area contributed by atoms with Crippen LogP contribution in [0, 0.1) is 0 Å². The lowest BCUT2D eigenvalue weighted by molar-refractivity contribution is -0.137. The fraction of sp³-hybridized carbons (Fsp3) is 0.143. The predicted octanol–water partition coefficient (Wildman–Crippen LogP) is 3.05. The standard InChI is InChI=1S/C14H11BrO4/c1-2-19-14(18)13(17)12-10-5-4-9(15)7-8(10)3-6-11(12)16/h3-7,16H,2H2,1H3. The molecule has 4 nitrogen and oxygen atoms in total. The van der Waals surface area contributed by atoms with Gasteiger partial charge in [-0.15, -0.1) is 0 Å². The molecule has 2 aromatic carbocycles. The van der Waals surface area contributed by atoms with Crippen molar-refractivity contribution >= 4 is 38.5 Å². The molecular weight excluding hydrogens is 312 g/mol. The quantitative estimate of drug-likeness (QED) is 0.536. The zero-order valence-electron chi connectivity index (χ0n) is 10.1. The first-order valence-corrected chi connectivity index (χ1v) is 6.46. The van der Waals surface area contributed by atoms with Gasteiger partial charge >= 0.3 is 5.97 Å². The highest BCUT2D eigenvalue weighted by molar-refractivity contribution is 9.10. The van der Waals surface area contributed by atoms with Crippen LogP contribution < -0.4 is 0 Å². The van der Waals surface area contributed by atoms with Crippen molar-refractivity contribution in [2.24, 2.45) is 0 Å². The van der Waals surface area contributed by atoms with Gasteiger partial charge in [-0.1, -0.05) is 28.1 Å². The number of aromatic hydroxyl groups is 1. The van der Waals surface area contributed by atoms with E-state index in [1.807, 2.05) is 0 Å². The maximum absolute atomic E-state index is 12.0. The van der Waals surface area contributed by atoms with Gasteiger partial charge in [-0.3, -0.25) is 4.79 Å². The molecule has 0 saturated carbocycles. The highest BCUT2D eigenvalue weighted by Gasteiger charge is 2.23. The average Bonchev–Trinajstić information content (AvgIpc) is 2.38. The molecule has 0 amide bonds. The normalized spacial score (nSPS) is 10.4. The van der Waals surface area contributed by atoms with E-state index in [4.69, 9.17) is 0 Å². The largest absolute Gasteiger partial charge is 0.507 e. The summed E-state index contributed by atoms with van der Waals surface area (Å²) < 4.78 is 5.52. The fourth-order valence-electron chi connectivity index (χ4n) is 1.83. The Bertz CT molecular complexity index is 664. The van der Waals surface area contributed by atoms with Crippen molar-refractivity contribution in [3.8, 4) is 5.75 Å². The number of halogens is 1. The molecule has 0 aliphatic rings. The van der Waals surface area contributed by atoms with E-state index in [0.717, 1.165) is 9.86 Å². The average molecular weight is 323 g/mol. The van der Waals surface area contributed by atoms with E-state index in [1.54, 1.807) is 31.2 Å². The monoisotopic (exact) mass is 322 g/mol. The van der Waals surface area contributed by atoms with E-state index < -0.39 is 11.8 Å². The van der Waals surface area contributed by atoms with Crippen LogP contribution in [0.2, 0.25) is 0 Å². The summed E-state index contributed by atoms with van der Waals surface area (Å²) in [6, 6.07) is 8.28. The zero-order valence-corrected chi connectivity index (χ0v) is 11.7. The Balaban J connectivity index is 2.61. The number of ether oxygens (including phenoxy) is 1. The van der Waals surface area contributed by atoms with Gasteiger partial charge in [0, 0.05) is 4.47 Å². The van der Waals surface area contributed by atoms with E-state index in [2.05, 4.69) is 20.7 Å². The summed E-state index contributed by atoms with van der Waals surface area (Å²) in [7, 11) is 0. The lowest BCUT2D eigenvalue weighted by atomic mass is 10.0. The number of carbonyl (C=O) groups is 2. The van der Waals surface area contributed by atoms with Crippen molar-refractivity contribution in [2.45, 2.75) is 6.92 Å². The summed E-state index contributed by atoms with van der Waals surface area (Å²) in [4.78, 5) is 23.5. The van der Waals surface area contributed by atoms with Crippen molar-refractivity contribution in [3.63, 3.8) is 0 Å². The molecule has 0 saturated heterocycles. The van der Waals surface area contributed by atoms with Crippen LogP contribution >= 0.6 is 15.9 Å². The van der Waals surface area contributed by atoms with Crippen LogP contribution in [0.4, 0.5) is 0 Å². The van der Waals surface area contributed by atoms with Crippen LogP contribution in [0.1, 0.15) is 17.3 Å². The number of fused-ring (bicyclic) bond motifs is 1. The molecule has 0 fully saturated rings.